The number of carbonyl (C=O) groups is 1. The summed E-state index contributed by atoms with van der Waals surface area (Å²) in [7, 11) is 0. The van der Waals surface area contributed by atoms with Gasteiger partial charge in [0.1, 0.15) is 5.84 Å². The Balaban J connectivity index is 1.72. The number of nitrogens with one attached hydrogen (secondary N) is 1. The highest BCUT2D eigenvalue weighted by Gasteiger charge is 2.36. The quantitative estimate of drug-likeness (QED) is 0.807. The van der Waals surface area contributed by atoms with Crippen molar-refractivity contribution < 1.29 is 4.79 Å². The molecule has 4 heteroatoms. The predicted octanol–water partition coefficient (Wildman–Crippen LogP) is 1.68. The molecular formula is C14H21N3O. The second-order valence-electron chi connectivity index (χ2n) is 5.78. The minimum absolute atomic E-state index is 0.251. The van der Waals surface area contributed by atoms with Gasteiger partial charge in [-0.1, -0.05) is 0 Å². The van der Waals surface area contributed by atoms with Crippen LogP contribution in [0, 0.1) is 5.92 Å². The van der Waals surface area contributed by atoms with Crippen LogP contribution in [0.1, 0.15) is 40.0 Å². The molecule has 18 heavy (non-hydrogen) atoms. The highest BCUT2D eigenvalue weighted by Crippen LogP contribution is 2.33. The van der Waals surface area contributed by atoms with Crippen LogP contribution < -0.4 is 5.32 Å². The SMILES string of the molecule is CC1=NC(C)C(C)=C2CC(NC(=O)C3CC3)CN12. The van der Waals surface area contributed by atoms with Crippen LogP contribution in [-0.2, 0) is 4.79 Å². The molecule has 0 aromatic heterocycles. The number of hydrogen-bond donors (Lipinski definition) is 1. The van der Waals surface area contributed by atoms with E-state index in [1.165, 1.54) is 11.3 Å². The molecule has 1 saturated heterocycles. The minimum Gasteiger partial charge on any atom is -0.351 e. The van der Waals surface area contributed by atoms with Gasteiger partial charge in [-0.2, -0.15) is 0 Å². The first-order valence-corrected chi connectivity index (χ1v) is 6.88. The highest BCUT2D eigenvalue weighted by atomic mass is 16.2. The Bertz CT molecular complexity index is 448. The van der Waals surface area contributed by atoms with Crippen molar-refractivity contribution in [1.29, 1.82) is 0 Å². The van der Waals surface area contributed by atoms with Crippen molar-refractivity contribution in [3.8, 4) is 0 Å². The average Bonchev–Trinajstić information content (AvgIpc) is 3.08. The Kier molecular flexibility index (Phi) is 2.68. The van der Waals surface area contributed by atoms with Crippen molar-refractivity contribution in [2.45, 2.75) is 52.1 Å². The molecule has 0 aromatic carbocycles. The van der Waals surface area contributed by atoms with E-state index in [0.29, 0.717) is 5.92 Å². The maximum absolute atomic E-state index is 11.8. The topological polar surface area (TPSA) is 44.7 Å². The van der Waals surface area contributed by atoms with E-state index in [9.17, 15) is 4.79 Å². The number of aliphatic imine (C=N–C) groups is 1. The molecule has 2 fully saturated rings. The number of amidine groups is 1. The first kappa shape index (κ1) is 11.8. The molecule has 2 heterocycles. The minimum atomic E-state index is 0.251. The number of rotatable bonds is 2. The second kappa shape index (κ2) is 4.11. The van der Waals surface area contributed by atoms with Crippen LogP contribution in [0.15, 0.2) is 16.3 Å². The number of amides is 1. The zero-order valence-corrected chi connectivity index (χ0v) is 11.4. The molecular weight excluding hydrogens is 226 g/mol. The summed E-state index contributed by atoms with van der Waals surface area (Å²) in [6, 6.07) is 0.549. The van der Waals surface area contributed by atoms with Gasteiger partial charge in [-0.3, -0.25) is 9.79 Å². The standard InChI is InChI=1S/C14H21N3O/c1-8-9(2)15-10(3)17-7-12(6-13(8)17)16-14(18)11-4-5-11/h9,11-12H,4-7H2,1-3H3,(H,16,18). The van der Waals surface area contributed by atoms with E-state index in [4.69, 9.17) is 0 Å². The van der Waals surface area contributed by atoms with Crippen molar-refractivity contribution in [2.24, 2.45) is 10.9 Å². The van der Waals surface area contributed by atoms with Gasteiger partial charge >= 0.3 is 0 Å². The Morgan fingerprint density at radius 1 is 1.39 bits per heavy atom. The number of carbonyl (C=O) groups excluding carboxylic acids is 1. The van der Waals surface area contributed by atoms with Crippen LogP contribution in [0.25, 0.3) is 0 Å². The maximum Gasteiger partial charge on any atom is 0.223 e. The van der Waals surface area contributed by atoms with Crippen LogP contribution >= 0.6 is 0 Å². The summed E-state index contributed by atoms with van der Waals surface area (Å²) in [5, 5.41) is 3.18. The largest absolute Gasteiger partial charge is 0.351 e. The lowest BCUT2D eigenvalue weighted by Crippen LogP contribution is -2.39. The summed E-state index contributed by atoms with van der Waals surface area (Å²) in [4.78, 5) is 18.7. The van der Waals surface area contributed by atoms with Crippen LogP contribution in [0.3, 0.4) is 0 Å². The van der Waals surface area contributed by atoms with Gasteiger partial charge in [-0.05, 0) is 39.2 Å². The van der Waals surface area contributed by atoms with E-state index < -0.39 is 0 Å². The van der Waals surface area contributed by atoms with Gasteiger partial charge in [0.15, 0.2) is 0 Å². The Hall–Kier alpha value is -1.32. The van der Waals surface area contributed by atoms with Gasteiger partial charge in [-0.25, -0.2) is 0 Å². The van der Waals surface area contributed by atoms with E-state index >= 15 is 0 Å². The molecule has 0 aromatic rings. The Labute approximate surface area is 108 Å². The van der Waals surface area contributed by atoms with Crippen LogP contribution in [-0.4, -0.2) is 35.3 Å². The van der Waals surface area contributed by atoms with Gasteiger partial charge in [0.2, 0.25) is 5.91 Å². The predicted molar refractivity (Wildman–Crippen MR) is 71.2 cm³/mol. The molecule has 98 valence electrons. The molecule has 4 nitrogen and oxygen atoms in total. The lowest BCUT2D eigenvalue weighted by molar-refractivity contribution is -0.122. The lowest BCUT2D eigenvalue weighted by atomic mass is 10.0. The van der Waals surface area contributed by atoms with Crippen molar-refractivity contribution in [2.75, 3.05) is 6.54 Å². The normalized spacial score (nSPS) is 31.3. The molecule has 1 saturated carbocycles. The molecule has 0 radical (unpaired) electrons. The molecule has 2 aliphatic heterocycles. The van der Waals surface area contributed by atoms with E-state index in [-0.39, 0.29) is 18.0 Å². The van der Waals surface area contributed by atoms with Crippen LogP contribution in [0.4, 0.5) is 0 Å². The van der Waals surface area contributed by atoms with Gasteiger partial charge in [0.25, 0.3) is 0 Å². The maximum atomic E-state index is 11.8. The van der Waals surface area contributed by atoms with Crippen molar-refractivity contribution in [1.82, 2.24) is 10.2 Å². The van der Waals surface area contributed by atoms with E-state index in [0.717, 1.165) is 31.6 Å². The highest BCUT2D eigenvalue weighted by molar-refractivity contribution is 5.84. The van der Waals surface area contributed by atoms with E-state index in [1.807, 2.05) is 0 Å². The number of hydrogen-bond acceptors (Lipinski definition) is 3. The van der Waals surface area contributed by atoms with Crippen molar-refractivity contribution in [3.05, 3.63) is 11.3 Å². The van der Waals surface area contributed by atoms with Gasteiger partial charge < -0.3 is 10.2 Å². The lowest BCUT2D eigenvalue weighted by Gasteiger charge is -2.28. The van der Waals surface area contributed by atoms with Gasteiger partial charge in [0.05, 0.1) is 12.1 Å². The van der Waals surface area contributed by atoms with Gasteiger partial charge in [0, 0.05) is 24.6 Å². The first-order valence-electron chi connectivity index (χ1n) is 6.88. The van der Waals surface area contributed by atoms with Crippen LogP contribution in [0.5, 0.6) is 0 Å². The summed E-state index contributed by atoms with van der Waals surface area (Å²) < 4.78 is 0. The average molecular weight is 247 g/mol. The third-order valence-electron chi connectivity index (χ3n) is 4.32. The van der Waals surface area contributed by atoms with E-state index in [1.54, 1.807) is 0 Å². The third-order valence-corrected chi connectivity index (χ3v) is 4.32. The Morgan fingerprint density at radius 3 is 2.78 bits per heavy atom. The van der Waals surface area contributed by atoms with Gasteiger partial charge in [-0.15, -0.1) is 0 Å². The fourth-order valence-electron chi connectivity index (χ4n) is 2.89. The summed E-state index contributed by atoms with van der Waals surface area (Å²) in [6.45, 7) is 7.24. The molecule has 2 unspecified atom stereocenters. The zero-order valence-electron chi connectivity index (χ0n) is 11.4. The van der Waals surface area contributed by atoms with Crippen molar-refractivity contribution in [3.63, 3.8) is 0 Å². The smallest absolute Gasteiger partial charge is 0.223 e. The van der Waals surface area contributed by atoms with Crippen LogP contribution in [0.2, 0.25) is 0 Å². The molecule has 3 aliphatic rings. The number of nitrogens with zero attached hydrogens (tertiary/aromatic N) is 2. The third kappa shape index (κ3) is 1.93. The molecule has 1 aliphatic carbocycles. The zero-order chi connectivity index (χ0) is 12.9. The first-order chi connectivity index (χ1) is 8.56. The van der Waals surface area contributed by atoms with Crippen molar-refractivity contribution >= 4 is 11.7 Å². The molecule has 1 amide bonds. The second-order valence-corrected chi connectivity index (χ2v) is 5.78. The summed E-state index contributed by atoms with van der Waals surface area (Å²) in [5.41, 5.74) is 2.72. The Morgan fingerprint density at radius 2 is 2.11 bits per heavy atom. The summed E-state index contributed by atoms with van der Waals surface area (Å²) in [5.74, 6) is 1.64. The summed E-state index contributed by atoms with van der Waals surface area (Å²) >= 11 is 0. The fraction of sp³-hybridized carbons (Fsp3) is 0.714. The van der Waals surface area contributed by atoms with E-state index in [2.05, 4.69) is 36.0 Å². The summed E-state index contributed by atoms with van der Waals surface area (Å²) in [6.07, 6.45) is 3.10. The molecule has 1 N–H and O–H groups in total. The molecule has 0 spiro atoms. The molecule has 2 atom stereocenters. The fourth-order valence-corrected chi connectivity index (χ4v) is 2.89. The number of fused-ring (bicyclic) bond motifs is 1. The molecule has 0 bridgehead atoms. The molecule has 3 rings (SSSR count). The monoisotopic (exact) mass is 247 g/mol.